The van der Waals surface area contributed by atoms with E-state index >= 15 is 0 Å². The zero-order valence-corrected chi connectivity index (χ0v) is 12.0. The highest BCUT2D eigenvalue weighted by Gasteiger charge is 2.41. The fourth-order valence-electron chi connectivity index (χ4n) is 2.77. The lowest BCUT2D eigenvalue weighted by atomic mass is 9.81. The molecule has 3 nitrogen and oxygen atoms in total. The van der Waals surface area contributed by atoms with Crippen molar-refractivity contribution in [2.24, 2.45) is 5.41 Å². The van der Waals surface area contributed by atoms with Crippen molar-refractivity contribution < 1.29 is 9.90 Å². The standard InChI is InChI=1S/C16H17NO2S/c18-15(19)16(7-8-17-11-16)10-12-3-5-13(6-4-12)14-2-1-9-20-14/h1-6,9,17H,7-8,10-11H2,(H,18,19)/t16-/m0/s1. The number of rotatable bonds is 4. The van der Waals surface area contributed by atoms with Crippen LogP contribution in [0, 0.1) is 5.41 Å². The summed E-state index contributed by atoms with van der Waals surface area (Å²) in [5.41, 5.74) is 1.65. The highest BCUT2D eigenvalue weighted by molar-refractivity contribution is 7.13. The zero-order chi connectivity index (χ0) is 14.0. The van der Waals surface area contributed by atoms with Crippen LogP contribution in [0.5, 0.6) is 0 Å². The van der Waals surface area contributed by atoms with Crippen LogP contribution in [0.2, 0.25) is 0 Å². The molecule has 2 N–H and O–H groups in total. The number of benzene rings is 1. The maximum absolute atomic E-state index is 11.5. The lowest BCUT2D eigenvalue weighted by Gasteiger charge is -2.23. The Balaban J connectivity index is 1.80. The van der Waals surface area contributed by atoms with E-state index in [0.717, 1.165) is 12.1 Å². The summed E-state index contributed by atoms with van der Waals surface area (Å²) in [6.07, 6.45) is 1.30. The molecule has 3 rings (SSSR count). The first-order valence-corrected chi connectivity index (χ1v) is 7.65. The van der Waals surface area contributed by atoms with Crippen LogP contribution < -0.4 is 5.32 Å². The van der Waals surface area contributed by atoms with Gasteiger partial charge >= 0.3 is 5.97 Å². The molecule has 1 fully saturated rings. The van der Waals surface area contributed by atoms with Crippen molar-refractivity contribution in [2.75, 3.05) is 13.1 Å². The predicted molar refractivity (Wildman–Crippen MR) is 81.0 cm³/mol. The van der Waals surface area contributed by atoms with Crippen molar-refractivity contribution in [3.8, 4) is 10.4 Å². The quantitative estimate of drug-likeness (QED) is 0.909. The van der Waals surface area contributed by atoms with Gasteiger partial charge in [-0.3, -0.25) is 4.79 Å². The summed E-state index contributed by atoms with van der Waals surface area (Å²) in [5.74, 6) is -0.690. The topological polar surface area (TPSA) is 49.3 Å². The van der Waals surface area contributed by atoms with Crippen LogP contribution in [0.1, 0.15) is 12.0 Å². The first-order valence-electron chi connectivity index (χ1n) is 6.77. The van der Waals surface area contributed by atoms with E-state index in [1.807, 2.05) is 6.07 Å². The lowest BCUT2D eigenvalue weighted by Crippen LogP contribution is -2.35. The molecule has 4 heteroatoms. The molecular formula is C16H17NO2S. The van der Waals surface area contributed by atoms with Crippen molar-refractivity contribution in [1.82, 2.24) is 5.32 Å². The number of carbonyl (C=O) groups is 1. The SMILES string of the molecule is O=C(O)[C@]1(Cc2ccc(-c3cccs3)cc2)CCNC1. The Morgan fingerprint density at radius 3 is 2.65 bits per heavy atom. The van der Waals surface area contributed by atoms with Gasteiger partial charge in [0.1, 0.15) is 0 Å². The summed E-state index contributed by atoms with van der Waals surface area (Å²) in [6, 6.07) is 12.4. The molecule has 1 aliphatic heterocycles. The Morgan fingerprint density at radius 1 is 1.30 bits per heavy atom. The van der Waals surface area contributed by atoms with E-state index in [1.165, 1.54) is 10.4 Å². The van der Waals surface area contributed by atoms with Gasteiger partial charge in [0.05, 0.1) is 5.41 Å². The van der Waals surface area contributed by atoms with Crippen LogP contribution in [-0.4, -0.2) is 24.2 Å². The molecular weight excluding hydrogens is 270 g/mol. The van der Waals surface area contributed by atoms with Crippen LogP contribution >= 0.6 is 11.3 Å². The molecule has 0 aliphatic carbocycles. The van der Waals surface area contributed by atoms with Crippen LogP contribution in [0.15, 0.2) is 41.8 Å². The Kier molecular flexibility index (Phi) is 3.59. The molecule has 1 aliphatic rings. The van der Waals surface area contributed by atoms with Gasteiger partial charge in [-0.15, -0.1) is 11.3 Å². The van der Waals surface area contributed by atoms with E-state index in [-0.39, 0.29) is 0 Å². The highest BCUT2D eigenvalue weighted by Crippen LogP contribution is 2.31. The average molecular weight is 287 g/mol. The molecule has 2 heterocycles. The molecule has 1 saturated heterocycles. The summed E-state index contributed by atoms with van der Waals surface area (Å²) < 4.78 is 0. The Hall–Kier alpha value is -1.65. The van der Waals surface area contributed by atoms with Gasteiger partial charge in [0.25, 0.3) is 0 Å². The van der Waals surface area contributed by atoms with Crippen molar-refractivity contribution in [3.63, 3.8) is 0 Å². The molecule has 0 saturated carbocycles. The van der Waals surface area contributed by atoms with E-state index < -0.39 is 11.4 Å². The van der Waals surface area contributed by atoms with Crippen molar-refractivity contribution in [3.05, 3.63) is 47.3 Å². The minimum atomic E-state index is -0.690. The lowest BCUT2D eigenvalue weighted by molar-refractivity contribution is -0.147. The Labute approximate surface area is 122 Å². The molecule has 2 aromatic rings. The Morgan fingerprint density at radius 2 is 2.10 bits per heavy atom. The van der Waals surface area contributed by atoms with Crippen molar-refractivity contribution in [1.29, 1.82) is 0 Å². The predicted octanol–water partition coefficient (Wildman–Crippen LogP) is 3.02. The normalized spacial score (nSPS) is 22.0. The van der Waals surface area contributed by atoms with E-state index in [1.54, 1.807) is 11.3 Å². The second kappa shape index (κ2) is 5.38. The minimum Gasteiger partial charge on any atom is -0.481 e. The van der Waals surface area contributed by atoms with E-state index in [2.05, 4.69) is 41.0 Å². The fraction of sp³-hybridized carbons (Fsp3) is 0.312. The number of thiophene rings is 1. The van der Waals surface area contributed by atoms with Crippen LogP contribution in [0.25, 0.3) is 10.4 Å². The molecule has 0 radical (unpaired) electrons. The smallest absolute Gasteiger partial charge is 0.311 e. The third-order valence-corrected chi connectivity index (χ3v) is 4.92. The molecule has 0 bridgehead atoms. The summed E-state index contributed by atoms with van der Waals surface area (Å²) in [5, 5.41) is 14.7. The summed E-state index contributed by atoms with van der Waals surface area (Å²) in [6.45, 7) is 1.36. The zero-order valence-electron chi connectivity index (χ0n) is 11.1. The van der Waals surface area contributed by atoms with Gasteiger partial charge in [0.15, 0.2) is 0 Å². The highest BCUT2D eigenvalue weighted by atomic mass is 32.1. The van der Waals surface area contributed by atoms with Crippen LogP contribution in [0.3, 0.4) is 0 Å². The number of carboxylic acid groups (broad SMARTS) is 1. The molecule has 20 heavy (non-hydrogen) atoms. The van der Waals surface area contributed by atoms with E-state index in [0.29, 0.717) is 19.4 Å². The first kappa shape index (κ1) is 13.3. The van der Waals surface area contributed by atoms with E-state index in [4.69, 9.17) is 0 Å². The maximum atomic E-state index is 11.5. The van der Waals surface area contributed by atoms with Gasteiger partial charge in [0, 0.05) is 11.4 Å². The van der Waals surface area contributed by atoms with Crippen molar-refractivity contribution >= 4 is 17.3 Å². The monoisotopic (exact) mass is 287 g/mol. The number of hydrogen-bond acceptors (Lipinski definition) is 3. The molecule has 0 amide bonds. The van der Waals surface area contributed by atoms with E-state index in [9.17, 15) is 9.90 Å². The molecule has 1 atom stereocenters. The van der Waals surface area contributed by atoms with Crippen LogP contribution in [-0.2, 0) is 11.2 Å². The number of hydrogen-bond donors (Lipinski definition) is 2. The minimum absolute atomic E-state index is 0.564. The fourth-order valence-corrected chi connectivity index (χ4v) is 3.51. The number of nitrogens with one attached hydrogen (secondary N) is 1. The van der Waals surface area contributed by atoms with Gasteiger partial charge in [-0.1, -0.05) is 30.3 Å². The summed E-state index contributed by atoms with van der Waals surface area (Å²) in [4.78, 5) is 12.8. The maximum Gasteiger partial charge on any atom is 0.311 e. The largest absolute Gasteiger partial charge is 0.481 e. The molecule has 1 aromatic heterocycles. The van der Waals surface area contributed by atoms with Crippen molar-refractivity contribution in [2.45, 2.75) is 12.8 Å². The molecule has 104 valence electrons. The Bertz CT molecular complexity index is 583. The van der Waals surface area contributed by atoms with Crippen LogP contribution in [0.4, 0.5) is 0 Å². The summed E-state index contributed by atoms with van der Waals surface area (Å²) >= 11 is 1.71. The van der Waals surface area contributed by atoms with Gasteiger partial charge in [0.2, 0.25) is 0 Å². The number of carboxylic acids is 1. The molecule has 0 spiro atoms. The second-order valence-corrected chi connectivity index (χ2v) is 6.31. The third-order valence-electron chi connectivity index (χ3n) is 4.00. The van der Waals surface area contributed by atoms with Gasteiger partial charge < -0.3 is 10.4 Å². The van der Waals surface area contributed by atoms with Gasteiger partial charge in [-0.2, -0.15) is 0 Å². The first-order chi connectivity index (χ1) is 9.70. The number of aliphatic carboxylic acids is 1. The second-order valence-electron chi connectivity index (χ2n) is 5.36. The van der Waals surface area contributed by atoms with Gasteiger partial charge in [-0.25, -0.2) is 0 Å². The summed E-state index contributed by atoms with van der Waals surface area (Å²) in [7, 11) is 0. The average Bonchev–Trinajstić information content (AvgIpc) is 3.11. The third kappa shape index (κ3) is 2.49. The molecule has 0 unspecified atom stereocenters. The van der Waals surface area contributed by atoms with Gasteiger partial charge in [-0.05, 0) is 42.0 Å². The molecule has 1 aromatic carbocycles.